The molecule has 0 radical (unpaired) electrons. The standard InChI is InChI=1S/C48H33N/c1-48(2)42-23-9-7-18-35(42)36-26-25-32(28-43(36)48)31-15-11-16-33(27-31)45-38-19-5-6-20-39(38)46(37-22-12-14-30-13-3-4-17-34(30)37)47-40-21-8-10-24-44(40)49-29-41(45)47/h3-29H,1-2H3. The third-order valence-electron chi connectivity index (χ3n) is 10.9. The maximum Gasteiger partial charge on any atom is 0.0708 e. The molecule has 0 bridgehead atoms. The van der Waals surface area contributed by atoms with Crippen LogP contribution in [0.2, 0.25) is 0 Å². The minimum Gasteiger partial charge on any atom is -0.256 e. The number of pyridine rings is 1. The van der Waals surface area contributed by atoms with Crippen molar-refractivity contribution < 1.29 is 0 Å². The van der Waals surface area contributed by atoms with Gasteiger partial charge in [-0.1, -0.05) is 153 Å². The molecule has 0 saturated carbocycles. The van der Waals surface area contributed by atoms with Crippen LogP contribution in [0, 0.1) is 0 Å². The molecule has 0 N–H and O–H groups in total. The van der Waals surface area contributed by atoms with Crippen molar-refractivity contribution >= 4 is 43.2 Å². The van der Waals surface area contributed by atoms with E-state index in [1.807, 2.05) is 0 Å². The fourth-order valence-corrected chi connectivity index (χ4v) is 8.57. The Morgan fingerprint density at radius 3 is 1.90 bits per heavy atom. The Bertz CT molecular complexity index is 2800. The predicted octanol–water partition coefficient (Wildman–Crippen LogP) is 13.0. The summed E-state index contributed by atoms with van der Waals surface area (Å²) in [5, 5.41) is 8.58. The van der Waals surface area contributed by atoms with Gasteiger partial charge in [0.1, 0.15) is 0 Å². The van der Waals surface area contributed by atoms with Crippen LogP contribution in [-0.2, 0) is 5.41 Å². The Morgan fingerprint density at radius 1 is 0.408 bits per heavy atom. The van der Waals surface area contributed by atoms with Crippen molar-refractivity contribution in [3.63, 3.8) is 0 Å². The number of para-hydroxylation sites is 1. The van der Waals surface area contributed by atoms with Crippen LogP contribution in [0.25, 0.3) is 87.7 Å². The lowest BCUT2D eigenvalue weighted by Crippen LogP contribution is -2.14. The van der Waals surface area contributed by atoms with E-state index in [0.29, 0.717) is 0 Å². The molecule has 230 valence electrons. The molecule has 1 aromatic heterocycles. The molecule has 0 atom stereocenters. The molecule has 10 rings (SSSR count). The van der Waals surface area contributed by atoms with Crippen LogP contribution in [0.15, 0.2) is 164 Å². The van der Waals surface area contributed by atoms with Crippen molar-refractivity contribution in [2.75, 3.05) is 0 Å². The van der Waals surface area contributed by atoms with Crippen LogP contribution in [0.4, 0.5) is 0 Å². The maximum atomic E-state index is 5.06. The lowest BCUT2D eigenvalue weighted by Gasteiger charge is -2.22. The molecule has 1 aliphatic carbocycles. The summed E-state index contributed by atoms with van der Waals surface area (Å²) in [6.45, 7) is 4.70. The highest BCUT2D eigenvalue weighted by molar-refractivity contribution is 6.28. The number of hydrogen-bond donors (Lipinski definition) is 0. The Balaban J connectivity index is 1.26. The number of fused-ring (bicyclic) bond motifs is 8. The van der Waals surface area contributed by atoms with Gasteiger partial charge in [0.05, 0.1) is 5.52 Å². The molecule has 1 heteroatoms. The zero-order valence-electron chi connectivity index (χ0n) is 27.5. The summed E-state index contributed by atoms with van der Waals surface area (Å²) in [6.07, 6.45) is 2.11. The van der Waals surface area contributed by atoms with Gasteiger partial charge in [-0.25, -0.2) is 0 Å². The Morgan fingerprint density at radius 2 is 1.02 bits per heavy atom. The van der Waals surface area contributed by atoms with Gasteiger partial charge in [0.25, 0.3) is 0 Å². The van der Waals surface area contributed by atoms with Crippen LogP contribution in [0.1, 0.15) is 25.0 Å². The minimum atomic E-state index is -0.0455. The second-order valence-corrected chi connectivity index (χ2v) is 13.9. The molecular weight excluding hydrogens is 591 g/mol. The lowest BCUT2D eigenvalue weighted by atomic mass is 9.81. The van der Waals surface area contributed by atoms with Gasteiger partial charge in [-0.15, -0.1) is 0 Å². The molecule has 0 amide bonds. The van der Waals surface area contributed by atoms with E-state index in [1.165, 1.54) is 93.3 Å². The van der Waals surface area contributed by atoms with Gasteiger partial charge in [-0.2, -0.15) is 0 Å². The topological polar surface area (TPSA) is 12.9 Å². The molecular formula is C48H33N. The number of rotatable bonds is 3. The van der Waals surface area contributed by atoms with Crippen molar-refractivity contribution in [1.82, 2.24) is 4.98 Å². The predicted molar refractivity (Wildman–Crippen MR) is 208 cm³/mol. The molecule has 0 saturated heterocycles. The first-order valence-corrected chi connectivity index (χ1v) is 17.1. The largest absolute Gasteiger partial charge is 0.256 e. The highest BCUT2D eigenvalue weighted by Crippen LogP contribution is 2.50. The Labute approximate surface area is 286 Å². The molecule has 8 aromatic carbocycles. The summed E-state index contributed by atoms with van der Waals surface area (Å²) in [7, 11) is 0. The zero-order chi connectivity index (χ0) is 32.7. The van der Waals surface area contributed by atoms with Gasteiger partial charge < -0.3 is 0 Å². The van der Waals surface area contributed by atoms with Gasteiger partial charge >= 0.3 is 0 Å². The van der Waals surface area contributed by atoms with Gasteiger partial charge in [-0.05, 0) is 95.4 Å². The van der Waals surface area contributed by atoms with E-state index < -0.39 is 0 Å². The molecule has 0 aliphatic heterocycles. The molecule has 0 unspecified atom stereocenters. The Kier molecular flexibility index (Phi) is 5.99. The molecule has 1 aliphatic rings. The number of aromatic nitrogens is 1. The van der Waals surface area contributed by atoms with Crippen LogP contribution in [-0.4, -0.2) is 4.98 Å². The van der Waals surface area contributed by atoms with Crippen molar-refractivity contribution in [1.29, 1.82) is 0 Å². The van der Waals surface area contributed by atoms with Crippen molar-refractivity contribution in [3.05, 3.63) is 175 Å². The second kappa shape index (κ2) is 10.5. The molecule has 9 aromatic rings. The first kappa shape index (κ1) is 28.0. The van der Waals surface area contributed by atoms with E-state index in [0.717, 1.165) is 5.52 Å². The molecule has 1 nitrogen and oxygen atoms in total. The van der Waals surface area contributed by atoms with E-state index in [9.17, 15) is 0 Å². The summed E-state index contributed by atoms with van der Waals surface area (Å²) in [6, 6.07) is 58.0. The van der Waals surface area contributed by atoms with Crippen molar-refractivity contribution in [2.45, 2.75) is 19.3 Å². The molecule has 0 fully saturated rings. The Hall–Kier alpha value is -6.05. The van der Waals surface area contributed by atoms with Gasteiger partial charge in [-0.3, -0.25) is 4.98 Å². The van der Waals surface area contributed by atoms with Gasteiger partial charge in [0.2, 0.25) is 0 Å². The fraction of sp³-hybridized carbons (Fsp3) is 0.0625. The van der Waals surface area contributed by atoms with E-state index in [4.69, 9.17) is 4.98 Å². The monoisotopic (exact) mass is 623 g/mol. The summed E-state index contributed by atoms with van der Waals surface area (Å²) in [5.41, 5.74) is 13.9. The smallest absolute Gasteiger partial charge is 0.0708 e. The van der Waals surface area contributed by atoms with Gasteiger partial charge in [0, 0.05) is 27.8 Å². The quantitative estimate of drug-likeness (QED) is 0.141. The summed E-state index contributed by atoms with van der Waals surface area (Å²) in [5.74, 6) is 0. The van der Waals surface area contributed by atoms with Crippen molar-refractivity contribution in [2.24, 2.45) is 0 Å². The first-order valence-electron chi connectivity index (χ1n) is 17.1. The van der Waals surface area contributed by atoms with E-state index in [2.05, 4.69) is 178 Å². The highest BCUT2D eigenvalue weighted by atomic mass is 14.7. The molecule has 0 spiro atoms. The normalized spacial score (nSPS) is 13.3. The number of hydrogen-bond acceptors (Lipinski definition) is 1. The van der Waals surface area contributed by atoms with Gasteiger partial charge in [0.15, 0.2) is 0 Å². The molecule has 49 heavy (non-hydrogen) atoms. The average Bonchev–Trinajstić information content (AvgIpc) is 3.39. The van der Waals surface area contributed by atoms with Crippen LogP contribution >= 0.6 is 0 Å². The molecule has 1 heterocycles. The lowest BCUT2D eigenvalue weighted by molar-refractivity contribution is 0.660. The van der Waals surface area contributed by atoms with Crippen LogP contribution in [0.5, 0.6) is 0 Å². The summed E-state index contributed by atoms with van der Waals surface area (Å²) in [4.78, 5) is 5.06. The third-order valence-corrected chi connectivity index (χ3v) is 10.9. The third kappa shape index (κ3) is 4.09. The average molecular weight is 624 g/mol. The first-order chi connectivity index (χ1) is 24.1. The summed E-state index contributed by atoms with van der Waals surface area (Å²) < 4.78 is 0. The number of nitrogens with zero attached hydrogens (tertiary/aromatic N) is 1. The zero-order valence-corrected chi connectivity index (χ0v) is 27.5. The SMILES string of the molecule is CC1(C)c2ccccc2-c2ccc(-c3cccc(-c4c5ccccc5c(-c5cccc6ccccc56)c5c4cnc4ccccc45)c3)cc21. The minimum absolute atomic E-state index is 0.0455. The van der Waals surface area contributed by atoms with E-state index in [1.54, 1.807) is 0 Å². The van der Waals surface area contributed by atoms with E-state index >= 15 is 0 Å². The maximum absolute atomic E-state index is 5.06. The second-order valence-electron chi connectivity index (χ2n) is 13.9. The van der Waals surface area contributed by atoms with E-state index in [-0.39, 0.29) is 5.41 Å². The number of benzene rings is 8. The van der Waals surface area contributed by atoms with Crippen LogP contribution in [0.3, 0.4) is 0 Å². The summed E-state index contributed by atoms with van der Waals surface area (Å²) >= 11 is 0. The highest BCUT2D eigenvalue weighted by Gasteiger charge is 2.35. The van der Waals surface area contributed by atoms with Crippen LogP contribution < -0.4 is 0 Å². The van der Waals surface area contributed by atoms with Crippen molar-refractivity contribution in [3.8, 4) is 44.5 Å². The fourth-order valence-electron chi connectivity index (χ4n) is 8.57.